The van der Waals surface area contributed by atoms with Crippen molar-refractivity contribution in [2.75, 3.05) is 5.32 Å². The van der Waals surface area contributed by atoms with Crippen molar-refractivity contribution in [1.82, 2.24) is 10.3 Å². The van der Waals surface area contributed by atoms with E-state index in [1.54, 1.807) is 19.2 Å². The summed E-state index contributed by atoms with van der Waals surface area (Å²) in [7, 11) is 0. The Labute approximate surface area is 99.4 Å². The van der Waals surface area contributed by atoms with Crippen LogP contribution in [0.1, 0.15) is 19.0 Å². The lowest BCUT2D eigenvalue weighted by atomic mass is 10.3. The number of pyridine rings is 1. The number of carbonyl (C=O) groups is 1. The lowest BCUT2D eigenvalue weighted by Gasteiger charge is -2.09. The van der Waals surface area contributed by atoms with Crippen molar-refractivity contribution in [3.63, 3.8) is 0 Å². The molecular formula is C11H14ClN3O. The van der Waals surface area contributed by atoms with Crippen molar-refractivity contribution in [3.8, 4) is 0 Å². The van der Waals surface area contributed by atoms with Gasteiger partial charge in [0.25, 0.3) is 0 Å². The molecule has 2 amide bonds. The fourth-order valence-corrected chi connectivity index (χ4v) is 1.65. The molecule has 0 bridgehead atoms. The second-order valence-corrected chi connectivity index (χ2v) is 4.55. The SMILES string of the molecule is Cc1nccc(NC(=O)N[C@H]2C[C@H]2C)c1Cl. The zero-order valence-corrected chi connectivity index (χ0v) is 10.0. The second-order valence-electron chi connectivity index (χ2n) is 4.18. The maximum absolute atomic E-state index is 11.6. The van der Waals surface area contributed by atoms with Crippen LogP contribution in [0.2, 0.25) is 5.02 Å². The van der Waals surface area contributed by atoms with E-state index in [-0.39, 0.29) is 6.03 Å². The Morgan fingerprint density at radius 3 is 2.94 bits per heavy atom. The van der Waals surface area contributed by atoms with Crippen molar-refractivity contribution in [2.24, 2.45) is 5.92 Å². The number of urea groups is 1. The summed E-state index contributed by atoms with van der Waals surface area (Å²) in [5.41, 5.74) is 1.30. The molecule has 1 aromatic rings. The van der Waals surface area contributed by atoms with Crippen LogP contribution in [0, 0.1) is 12.8 Å². The van der Waals surface area contributed by atoms with E-state index in [9.17, 15) is 4.79 Å². The highest BCUT2D eigenvalue weighted by Crippen LogP contribution is 2.29. The van der Waals surface area contributed by atoms with Gasteiger partial charge >= 0.3 is 6.03 Å². The molecule has 0 aromatic carbocycles. The number of anilines is 1. The summed E-state index contributed by atoms with van der Waals surface area (Å²) < 4.78 is 0. The van der Waals surface area contributed by atoms with Crippen LogP contribution in [-0.2, 0) is 0 Å². The van der Waals surface area contributed by atoms with Gasteiger partial charge < -0.3 is 10.6 Å². The van der Waals surface area contributed by atoms with Crippen LogP contribution in [0.15, 0.2) is 12.3 Å². The molecule has 1 saturated carbocycles. The third-order valence-corrected chi connectivity index (χ3v) is 3.21. The highest BCUT2D eigenvalue weighted by molar-refractivity contribution is 6.34. The van der Waals surface area contributed by atoms with Gasteiger partial charge in [-0.05, 0) is 25.3 Å². The zero-order valence-electron chi connectivity index (χ0n) is 9.25. The first-order valence-corrected chi connectivity index (χ1v) is 5.64. The van der Waals surface area contributed by atoms with Crippen LogP contribution in [0.3, 0.4) is 0 Å². The van der Waals surface area contributed by atoms with Crippen LogP contribution in [0.5, 0.6) is 0 Å². The Bertz CT molecular complexity index is 422. The van der Waals surface area contributed by atoms with Gasteiger partial charge in [0, 0.05) is 12.2 Å². The molecule has 0 unspecified atom stereocenters. The van der Waals surface area contributed by atoms with E-state index in [1.807, 2.05) is 0 Å². The molecule has 2 N–H and O–H groups in total. The molecule has 0 spiro atoms. The van der Waals surface area contributed by atoms with Gasteiger partial charge in [0.2, 0.25) is 0 Å². The molecule has 1 aliphatic rings. The third kappa shape index (κ3) is 2.44. The highest BCUT2D eigenvalue weighted by Gasteiger charge is 2.33. The Balaban J connectivity index is 1.98. The highest BCUT2D eigenvalue weighted by atomic mass is 35.5. The molecule has 1 fully saturated rings. The maximum Gasteiger partial charge on any atom is 0.319 e. The number of halogens is 1. The largest absolute Gasteiger partial charge is 0.335 e. The van der Waals surface area contributed by atoms with Crippen molar-refractivity contribution in [3.05, 3.63) is 23.0 Å². The fraction of sp³-hybridized carbons (Fsp3) is 0.455. The van der Waals surface area contributed by atoms with Crippen LogP contribution >= 0.6 is 11.6 Å². The summed E-state index contributed by atoms with van der Waals surface area (Å²) in [4.78, 5) is 15.6. The van der Waals surface area contributed by atoms with E-state index in [2.05, 4.69) is 22.5 Å². The predicted octanol–water partition coefficient (Wildman–Crippen LogP) is 2.57. The first-order valence-electron chi connectivity index (χ1n) is 5.26. The third-order valence-electron chi connectivity index (χ3n) is 2.74. The predicted molar refractivity (Wildman–Crippen MR) is 63.7 cm³/mol. The first-order chi connectivity index (χ1) is 7.58. The number of rotatable bonds is 2. The van der Waals surface area contributed by atoms with Gasteiger partial charge in [0.1, 0.15) is 0 Å². The minimum Gasteiger partial charge on any atom is -0.335 e. The summed E-state index contributed by atoms with van der Waals surface area (Å²) in [6, 6.07) is 1.79. The van der Waals surface area contributed by atoms with Crippen molar-refractivity contribution >= 4 is 23.3 Å². The Hall–Kier alpha value is -1.29. The number of aryl methyl sites for hydroxylation is 1. The maximum atomic E-state index is 11.6. The van der Waals surface area contributed by atoms with Crippen LogP contribution in [-0.4, -0.2) is 17.1 Å². The summed E-state index contributed by atoms with van der Waals surface area (Å²) in [5, 5.41) is 6.08. The molecule has 1 aromatic heterocycles. The molecule has 0 aliphatic heterocycles. The minimum absolute atomic E-state index is 0.207. The number of hydrogen-bond acceptors (Lipinski definition) is 2. The molecule has 1 heterocycles. The fourth-order valence-electron chi connectivity index (χ4n) is 1.49. The van der Waals surface area contributed by atoms with Crippen molar-refractivity contribution in [1.29, 1.82) is 0 Å². The van der Waals surface area contributed by atoms with Gasteiger partial charge in [-0.1, -0.05) is 18.5 Å². The second kappa shape index (κ2) is 4.29. The number of hydrogen-bond donors (Lipinski definition) is 2. The Morgan fingerprint density at radius 1 is 1.62 bits per heavy atom. The molecule has 86 valence electrons. The molecule has 0 radical (unpaired) electrons. The average molecular weight is 240 g/mol. The van der Waals surface area contributed by atoms with E-state index >= 15 is 0 Å². The molecular weight excluding hydrogens is 226 g/mol. The zero-order chi connectivity index (χ0) is 11.7. The summed E-state index contributed by atoms with van der Waals surface area (Å²) in [6.07, 6.45) is 2.67. The van der Waals surface area contributed by atoms with Gasteiger partial charge in [-0.15, -0.1) is 0 Å². The van der Waals surface area contributed by atoms with Crippen LogP contribution in [0.4, 0.5) is 10.5 Å². The van der Waals surface area contributed by atoms with Gasteiger partial charge in [0.05, 0.1) is 16.4 Å². The van der Waals surface area contributed by atoms with Crippen LogP contribution in [0.25, 0.3) is 0 Å². The number of nitrogens with one attached hydrogen (secondary N) is 2. The number of aromatic nitrogens is 1. The van der Waals surface area contributed by atoms with Crippen molar-refractivity contribution in [2.45, 2.75) is 26.3 Å². The van der Waals surface area contributed by atoms with E-state index in [0.29, 0.717) is 28.4 Å². The van der Waals surface area contributed by atoms with E-state index in [4.69, 9.17) is 11.6 Å². The van der Waals surface area contributed by atoms with E-state index < -0.39 is 0 Å². The van der Waals surface area contributed by atoms with Crippen LogP contribution < -0.4 is 10.6 Å². The minimum atomic E-state index is -0.207. The summed E-state index contributed by atoms with van der Waals surface area (Å²) in [6.45, 7) is 3.91. The smallest absolute Gasteiger partial charge is 0.319 e. The number of amides is 2. The van der Waals surface area contributed by atoms with Gasteiger partial charge in [-0.25, -0.2) is 4.79 Å². The molecule has 16 heavy (non-hydrogen) atoms. The monoisotopic (exact) mass is 239 g/mol. The van der Waals surface area contributed by atoms with Gasteiger partial charge in [0.15, 0.2) is 0 Å². The van der Waals surface area contributed by atoms with Gasteiger partial charge in [-0.3, -0.25) is 4.98 Å². The lowest BCUT2D eigenvalue weighted by molar-refractivity contribution is 0.251. The number of nitrogens with zero attached hydrogens (tertiary/aromatic N) is 1. The average Bonchev–Trinajstić information content (AvgIpc) is 2.89. The lowest BCUT2D eigenvalue weighted by Crippen LogP contribution is -2.31. The Morgan fingerprint density at radius 2 is 2.31 bits per heavy atom. The topological polar surface area (TPSA) is 54.0 Å². The molecule has 0 saturated heterocycles. The number of carbonyl (C=O) groups excluding carboxylic acids is 1. The molecule has 4 nitrogen and oxygen atoms in total. The standard InChI is InChI=1S/C11H14ClN3O/c1-6-5-9(6)15-11(16)14-8-3-4-13-7(2)10(8)12/h3-4,6,9H,5H2,1-2H3,(H2,13,14,15,16)/t6-,9+/m1/s1. The summed E-state index contributed by atoms with van der Waals surface area (Å²) in [5.74, 6) is 0.584. The Kier molecular flexibility index (Phi) is 3.01. The van der Waals surface area contributed by atoms with E-state index in [0.717, 1.165) is 6.42 Å². The quantitative estimate of drug-likeness (QED) is 0.834. The van der Waals surface area contributed by atoms with Gasteiger partial charge in [-0.2, -0.15) is 0 Å². The molecule has 2 rings (SSSR count). The molecule has 1 aliphatic carbocycles. The molecule has 2 atom stereocenters. The van der Waals surface area contributed by atoms with E-state index in [1.165, 1.54) is 0 Å². The first kappa shape index (κ1) is 11.2. The molecule has 5 heteroatoms. The summed E-state index contributed by atoms with van der Waals surface area (Å²) >= 11 is 6.01. The van der Waals surface area contributed by atoms with Crippen molar-refractivity contribution < 1.29 is 4.79 Å². The normalized spacial score (nSPS) is 22.7.